The molecule has 0 atom stereocenters. The molecule has 0 unspecified atom stereocenters. The smallest absolute Gasteiger partial charge is 0.224 e. The number of rotatable bonds is 24. The van der Waals surface area contributed by atoms with E-state index in [0.29, 0.717) is 12.8 Å². The summed E-state index contributed by atoms with van der Waals surface area (Å²) in [6.45, 7) is 8.60. The maximum absolute atomic E-state index is 12.6. The third-order valence-corrected chi connectivity index (χ3v) is 8.00. The standard InChI is InChI=1S/C37H60N4O2/c1-5-7-9-11-13-25-40(3)27-17-23-36(42)38-34-21-15-19-32(30-34)29-33-20-16-22-35(31-33)39-37(43)24-18-28-41(4)26-14-12-10-8-6-2/h15-16,19-22,30-31H,5-14,17-18,23-29H2,1-4H3,(H,38,42)(H,39,43). The Morgan fingerprint density at radius 3 is 1.37 bits per heavy atom. The zero-order chi connectivity index (χ0) is 31.1. The summed E-state index contributed by atoms with van der Waals surface area (Å²) in [5.41, 5.74) is 3.92. The minimum absolute atomic E-state index is 0.0661. The summed E-state index contributed by atoms with van der Waals surface area (Å²) in [5, 5.41) is 6.15. The van der Waals surface area contributed by atoms with Crippen LogP contribution in [0.15, 0.2) is 48.5 Å². The van der Waals surface area contributed by atoms with Crippen molar-refractivity contribution in [3.63, 3.8) is 0 Å². The van der Waals surface area contributed by atoms with Crippen molar-refractivity contribution in [1.29, 1.82) is 0 Å². The molecule has 6 heteroatoms. The van der Waals surface area contributed by atoms with Gasteiger partial charge in [-0.3, -0.25) is 9.59 Å². The van der Waals surface area contributed by atoms with Crippen LogP contribution in [0.25, 0.3) is 0 Å². The lowest BCUT2D eigenvalue weighted by Gasteiger charge is -2.16. The highest BCUT2D eigenvalue weighted by Gasteiger charge is 2.08. The minimum atomic E-state index is 0.0661. The van der Waals surface area contributed by atoms with Gasteiger partial charge >= 0.3 is 0 Å². The number of benzene rings is 2. The number of carbonyl (C=O) groups excluding carboxylic acids is 2. The van der Waals surface area contributed by atoms with Crippen molar-refractivity contribution in [2.45, 2.75) is 110 Å². The van der Waals surface area contributed by atoms with Crippen LogP contribution in [-0.2, 0) is 16.0 Å². The average molecular weight is 593 g/mol. The van der Waals surface area contributed by atoms with Gasteiger partial charge in [-0.25, -0.2) is 0 Å². The molecule has 6 nitrogen and oxygen atoms in total. The molecule has 2 aromatic rings. The van der Waals surface area contributed by atoms with E-state index >= 15 is 0 Å². The molecule has 0 aromatic heterocycles. The van der Waals surface area contributed by atoms with E-state index in [4.69, 9.17) is 0 Å². The number of amides is 2. The molecule has 43 heavy (non-hydrogen) atoms. The van der Waals surface area contributed by atoms with E-state index in [9.17, 15) is 9.59 Å². The second kappa shape index (κ2) is 22.8. The van der Waals surface area contributed by atoms with E-state index in [2.05, 4.69) is 60.5 Å². The molecule has 0 aliphatic rings. The molecule has 0 bridgehead atoms. The van der Waals surface area contributed by atoms with Gasteiger partial charge in [0.05, 0.1) is 0 Å². The maximum Gasteiger partial charge on any atom is 0.224 e. The van der Waals surface area contributed by atoms with Crippen LogP contribution < -0.4 is 10.6 Å². The molecule has 0 saturated carbocycles. The van der Waals surface area contributed by atoms with Gasteiger partial charge in [-0.2, -0.15) is 0 Å². The summed E-state index contributed by atoms with van der Waals surface area (Å²) in [6, 6.07) is 16.1. The lowest BCUT2D eigenvalue weighted by Crippen LogP contribution is -2.22. The second-order valence-corrected chi connectivity index (χ2v) is 12.3. The van der Waals surface area contributed by atoms with Crippen LogP contribution in [0.4, 0.5) is 11.4 Å². The Kier molecular flexibility index (Phi) is 19.3. The van der Waals surface area contributed by atoms with Gasteiger partial charge in [0.25, 0.3) is 0 Å². The number of carbonyl (C=O) groups is 2. The molecule has 0 heterocycles. The summed E-state index contributed by atoms with van der Waals surface area (Å²) < 4.78 is 0. The Morgan fingerprint density at radius 2 is 0.953 bits per heavy atom. The Balaban J connectivity index is 1.70. The first-order valence-corrected chi connectivity index (χ1v) is 17.0. The van der Waals surface area contributed by atoms with Crippen LogP contribution in [0.3, 0.4) is 0 Å². The molecule has 0 fully saturated rings. The van der Waals surface area contributed by atoms with Crippen molar-refractivity contribution < 1.29 is 9.59 Å². The van der Waals surface area contributed by atoms with Crippen LogP contribution >= 0.6 is 0 Å². The van der Waals surface area contributed by atoms with Crippen molar-refractivity contribution in [1.82, 2.24) is 9.80 Å². The fourth-order valence-electron chi connectivity index (χ4n) is 5.41. The lowest BCUT2D eigenvalue weighted by molar-refractivity contribution is -0.117. The molecule has 2 aromatic carbocycles. The van der Waals surface area contributed by atoms with Gasteiger partial charge in [0, 0.05) is 24.2 Å². The van der Waals surface area contributed by atoms with Crippen LogP contribution in [0.5, 0.6) is 0 Å². The number of nitrogens with zero attached hydrogens (tertiary/aromatic N) is 2. The molecule has 0 aliphatic heterocycles. The molecule has 240 valence electrons. The summed E-state index contributed by atoms with van der Waals surface area (Å²) in [5.74, 6) is 0.132. The second-order valence-electron chi connectivity index (χ2n) is 12.3. The number of unbranched alkanes of at least 4 members (excludes halogenated alkanes) is 8. The number of anilines is 2. The molecule has 0 saturated heterocycles. The molecular weight excluding hydrogens is 532 g/mol. The predicted molar refractivity (Wildman–Crippen MR) is 184 cm³/mol. The molecule has 2 amide bonds. The van der Waals surface area contributed by atoms with E-state index in [1.807, 2.05) is 36.4 Å². The highest BCUT2D eigenvalue weighted by atomic mass is 16.2. The number of hydrogen-bond acceptors (Lipinski definition) is 4. The first kappa shape index (κ1) is 36.5. The van der Waals surface area contributed by atoms with Crippen molar-refractivity contribution in [3.05, 3.63) is 59.7 Å². The van der Waals surface area contributed by atoms with Gasteiger partial charge in [-0.05, 0) is 108 Å². The molecule has 2 rings (SSSR count). The van der Waals surface area contributed by atoms with Gasteiger partial charge < -0.3 is 20.4 Å². The Hall–Kier alpha value is -2.70. The highest BCUT2D eigenvalue weighted by molar-refractivity contribution is 5.91. The quantitative estimate of drug-likeness (QED) is 0.120. The van der Waals surface area contributed by atoms with Crippen LogP contribution in [0.1, 0.15) is 115 Å². The van der Waals surface area contributed by atoms with Crippen molar-refractivity contribution >= 4 is 23.2 Å². The summed E-state index contributed by atoms with van der Waals surface area (Å²) >= 11 is 0. The number of hydrogen-bond donors (Lipinski definition) is 2. The van der Waals surface area contributed by atoms with Crippen LogP contribution in [-0.4, -0.2) is 61.9 Å². The molecule has 0 spiro atoms. The van der Waals surface area contributed by atoms with Crippen molar-refractivity contribution in [3.8, 4) is 0 Å². The number of nitrogens with one attached hydrogen (secondary N) is 2. The summed E-state index contributed by atoms with van der Waals surface area (Å²) in [6.07, 6.45) is 16.5. The SMILES string of the molecule is CCCCCCCN(C)CCCC(=O)Nc1cccc(Cc2cccc(NC(=O)CCCN(C)CCCCCCC)c2)c1. The summed E-state index contributed by atoms with van der Waals surface area (Å²) in [4.78, 5) is 29.8. The van der Waals surface area contributed by atoms with E-state index < -0.39 is 0 Å². The maximum atomic E-state index is 12.6. The summed E-state index contributed by atoms with van der Waals surface area (Å²) in [7, 11) is 4.30. The zero-order valence-corrected chi connectivity index (χ0v) is 27.8. The third-order valence-electron chi connectivity index (χ3n) is 8.00. The first-order valence-electron chi connectivity index (χ1n) is 17.0. The molecule has 0 radical (unpaired) electrons. The topological polar surface area (TPSA) is 64.7 Å². The van der Waals surface area contributed by atoms with Gasteiger partial charge in [0.15, 0.2) is 0 Å². The van der Waals surface area contributed by atoms with E-state index in [-0.39, 0.29) is 11.8 Å². The molecule has 2 N–H and O–H groups in total. The zero-order valence-electron chi connectivity index (χ0n) is 27.8. The van der Waals surface area contributed by atoms with Gasteiger partial charge in [0.1, 0.15) is 0 Å². The van der Waals surface area contributed by atoms with Crippen molar-refractivity contribution in [2.24, 2.45) is 0 Å². The minimum Gasteiger partial charge on any atom is -0.326 e. The highest BCUT2D eigenvalue weighted by Crippen LogP contribution is 2.18. The van der Waals surface area contributed by atoms with Crippen LogP contribution in [0, 0.1) is 0 Å². The monoisotopic (exact) mass is 592 g/mol. The van der Waals surface area contributed by atoms with E-state index in [0.717, 1.165) is 67.9 Å². The largest absolute Gasteiger partial charge is 0.326 e. The van der Waals surface area contributed by atoms with E-state index in [1.54, 1.807) is 0 Å². The Bertz CT molecular complexity index is 959. The van der Waals surface area contributed by atoms with Gasteiger partial charge in [-0.1, -0.05) is 89.5 Å². The predicted octanol–water partition coefficient (Wildman–Crippen LogP) is 8.52. The Labute approximate surface area is 263 Å². The fourth-order valence-corrected chi connectivity index (χ4v) is 5.41. The van der Waals surface area contributed by atoms with Gasteiger partial charge in [0.2, 0.25) is 11.8 Å². The lowest BCUT2D eigenvalue weighted by atomic mass is 10.0. The molecule has 0 aliphatic carbocycles. The van der Waals surface area contributed by atoms with Crippen LogP contribution in [0.2, 0.25) is 0 Å². The molecular formula is C37H60N4O2. The van der Waals surface area contributed by atoms with E-state index in [1.165, 1.54) is 64.2 Å². The fraction of sp³-hybridized carbons (Fsp3) is 0.622. The van der Waals surface area contributed by atoms with Gasteiger partial charge in [-0.15, -0.1) is 0 Å². The first-order chi connectivity index (χ1) is 20.9. The van der Waals surface area contributed by atoms with Crippen molar-refractivity contribution in [2.75, 3.05) is 50.9 Å². The normalized spacial score (nSPS) is 11.3. The average Bonchev–Trinajstić information content (AvgIpc) is 2.97. The third kappa shape index (κ3) is 17.9. The Morgan fingerprint density at radius 1 is 0.558 bits per heavy atom.